The molecule has 5 nitrogen and oxygen atoms in total. The van der Waals surface area contributed by atoms with Gasteiger partial charge in [-0.2, -0.15) is 4.31 Å². The van der Waals surface area contributed by atoms with Crippen molar-refractivity contribution in [1.82, 2.24) is 9.21 Å². The normalized spacial score (nSPS) is 26.0. The van der Waals surface area contributed by atoms with Gasteiger partial charge in [0.25, 0.3) is 0 Å². The molecule has 0 bridgehead atoms. The number of benzene rings is 1. The first-order chi connectivity index (χ1) is 10.3. The fraction of sp³-hybridized carbons (Fsp3) is 0.533. The highest BCUT2D eigenvalue weighted by atomic mass is 32.2. The predicted octanol–water partition coefficient (Wildman–Crippen LogP) is 1.46. The van der Waals surface area contributed by atoms with Crippen LogP contribution in [-0.4, -0.2) is 49.7 Å². The summed E-state index contributed by atoms with van der Waals surface area (Å²) in [5, 5.41) is 0. The Kier molecular flexibility index (Phi) is 3.72. The smallest absolute Gasteiger partial charge is 0.246 e. The summed E-state index contributed by atoms with van der Waals surface area (Å²) in [6.07, 6.45) is 1.51. The van der Waals surface area contributed by atoms with Crippen LogP contribution in [0.5, 0.6) is 0 Å². The lowest BCUT2D eigenvalue weighted by atomic mass is 9.87. The molecule has 3 rings (SSSR count). The van der Waals surface area contributed by atoms with E-state index >= 15 is 0 Å². The summed E-state index contributed by atoms with van der Waals surface area (Å²) in [6, 6.07) is 5.45. The summed E-state index contributed by atoms with van der Waals surface area (Å²) in [5.41, 5.74) is -0.177. The summed E-state index contributed by atoms with van der Waals surface area (Å²) in [4.78, 5) is 13.0. The van der Waals surface area contributed by atoms with Crippen molar-refractivity contribution in [3.8, 4) is 0 Å². The highest BCUT2D eigenvalue weighted by Crippen LogP contribution is 2.41. The second-order valence-corrected chi connectivity index (χ2v) is 8.12. The van der Waals surface area contributed by atoms with Gasteiger partial charge in [-0.05, 0) is 25.0 Å². The zero-order chi connectivity index (χ0) is 16.0. The molecule has 2 fully saturated rings. The summed E-state index contributed by atoms with van der Waals surface area (Å²) < 4.78 is 40.4. The van der Waals surface area contributed by atoms with Gasteiger partial charge >= 0.3 is 0 Å². The largest absolute Gasteiger partial charge is 0.342 e. The molecule has 1 aromatic rings. The zero-order valence-electron chi connectivity index (χ0n) is 12.5. The van der Waals surface area contributed by atoms with Gasteiger partial charge in [-0.1, -0.05) is 12.1 Å². The van der Waals surface area contributed by atoms with E-state index in [2.05, 4.69) is 0 Å². The molecule has 1 aromatic carbocycles. The number of carbonyl (C=O) groups is 1. The van der Waals surface area contributed by atoms with Crippen LogP contribution in [0.2, 0.25) is 0 Å². The van der Waals surface area contributed by atoms with Gasteiger partial charge in [-0.15, -0.1) is 0 Å². The molecule has 0 aromatic heterocycles. The molecule has 0 N–H and O–H groups in total. The van der Waals surface area contributed by atoms with Crippen molar-refractivity contribution in [2.24, 2.45) is 5.41 Å². The SMILES string of the molecule is CC(=O)N1CCC2(CCN(S(=O)(=O)c3ccccc3F)C2)C1. The summed E-state index contributed by atoms with van der Waals surface area (Å²) in [5.74, 6) is -0.701. The molecule has 1 amide bonds. The summed E-state index contributed by atoms with van der Waals surface area (Å²) in [7, 11) is -3.82. The first kappa shape index (κ1) is 15.4. The van der Waals surface area contributed by atoms with Gasteiger partial charge in [0.2, 0.25) is 15.9 Å². The van der Waals surface area contributed by atoms with E-state index in [1.165, 1.54) is 29.4 Å². The molecule has 2 aliphatic rings. The first-order valence-electron chi connectivity index (χ1n) is 7.34. The number of hydrogen-bond acceptors (Lipinski definition) is 3. The lowest BCUT2D eigenvalue weighted by Gasteiger charge is -2.24. The summed E-state index contributed by atoms with van der Waals surface area (Å²) in [6.45, 7) is 3.52. The molecule has 1 unspecified atom stereocenters. The molecule has 0 radical (unpaired) electrons. The Morgan fingerprint density at radius 3 is 2.50 bits per heavy atom. The van der Waals surface area contributed by atoms with Crippen molar-refractivity contribution in [3.05, 3.63) is 30.1 Å². The molecule has 2 aliphatic heterocycles. The van der Waals surface area contributed by atoms with Crippen molar-refractivity contribution in [2.45, 2.75) is 24.7 Å². The molecule has 0 aliphatic carbocycles. The topological polar surface area (TPSA) is 57.7 Å². The van der Waals surface area contributed by atoms with Crippen LogP contribution in [0.3, 0.4) is 0 Å². The molecule has 1 atom stereocenters. The van der Waals surface area contributed by atoms with Gasteiger partial charge in [0.05, 0.1) is 0 Å². The third-order valence-electron chi connectivity index (χ3n) is 4.74. The Balaban J connectivity index is 1.81. The first-order valence-corrected chi connectivity index (χ1v) is 8.78. The molecule has 22 heavy (non-hydrogen) atoms. The maximum Gasteiger partial charge on any atom is 0.246 e. The van der Waals surface area contributed by atoms with Crippen LogP contribution in [0, 0.1) is 11.2 Å². The molecule has 120 valence electrons. The Morgan fingerprint density at radius 2 is 1.86 bits per heavy atom. The summed E-state index contributed by atoms with van der Waals surface area (Å²) >= 11 is 0. The third-order valence-corrected chi connectivity index (χ3v) is 6.62. The number of amides is 1. The van der Waals surface area contributed by atoms with Crippen LogP contribution in [0.1, 0.15) is 19.8 Å². The maximum atomic E-state index is 13.8. The van der Waals surface area contributed by atoms with Crippen molar-refractivity contribution < 1.29 is 17.6 Å². The number of halogens is 1. The third kappa shape index (κ3) is 2.52. The number of carbonyl (C=O) groups excluding carboxylic acids is 1. The molecule has 0 saturated carbocycles. The van der Waals surface area contributed by atoms with E-state index < -0.39 is 15.8 Å². The second-order valence-electron chi connectivity index (χ2n) is 6.21. The molecule has 2 saturated heterocycles. The van der Waals surface area contributed by atoms with Crippen LogP contribution in [-0.2, 0) is 14.8 Å². The van der Waals surface area contributed by atoms with E-state index in [0.717, 1.165) is 12.5 Å². The molecular weight excluding hydrogens is 307 g/mol. The van der Waals surface area contributed by atoms with E-state index in [1.807, 2.05) is 0 Å². The second kappa shape index (κ2) is 5.31. The average Bonchev–Trinajstić information content (AvgIpc) is 3.08. The lowest BCUT2D eigenvalue weighted by molar-refractivity contribution is -0.128. The van der Waals surface area contributed by atoms with Crippen molar-refractivity contribution in [1.29, 1.82) is 0 Å². The number of rotatable bonds is 2. The quantitative estimate of drug-likeness (QED) is 0.827. The predicted molar refractivity (Wildman–Crippen MR) is 79.1 cm³/mol. The van der Waals surface area contributed by atoms with Crippen LogP contribution < -0.4 is 0 Å². The fourth-order valence-corrected chi connectivity index (χ4v) is 5.05. The minimum Gasteiger partial charge on any atom is -0.342 e. The number of hydrogen-bond donors (Lipinski definition) is 0. The van der Waals surface area contributed by atoms with Gasteiger partial charge in [-0.3, -0.25) is 4.79 Å². The zero-order valence-corrected chi connectivity index (χ0v) is 13.3. The molecular formula is C15H19FN2O3S. The van der Waals surface area contributed by atoms with Crippen LogP contribution in [0.15, 0.2) is 29.2 Å². The van der Waals surface area contributed by atoms with Crippen molar-refractivity contribution in [3.63, 3.8) is 0 Å². The average molecular weight is 326 g/mol. The maximum absolute atomic E-state index is 13.8. The molecule has 7 heteroatoms. The molecule has 1 spiro atoms. The number of likely N-dealkylation sites (tertiary alicyclic amines) is 1. The number of sulfonamides is 1. The Hall–Kier alpha value is -1.47. The van der Waals surface area contributed by atoms with E-state index in [9.17, 15) is 17.6 Å². The van der Waals surface area contributed by atoms with Gasteiger partial charge < -0.3 is 4.90 Å². The minimum atomic E-state index is -3.82. The Bertz CT molecular complexity index is 706. The standard InChI is InChI=1S/C15H19FN2O3S/c1-12(19)17-8-6-15(10-17)7-9-18(11-15)22(20,21)14-5-3-2-4-13(14)16/h2-5H,6-11H2,1H3. The highest BCUT2D eigenvalue weighted by Gasteiger charge is 2.47. The van der Waals surface area contributed by atoms with Gasteiger partial charge in [0, 0.05) is 38.5 Å². The lowest BCUT2D eigenvalue weighted by Crippen LogP contribution is -2.35. The Morgan fingerprint density at radius 1 is 1.18 bits per heavy atom. The van der Waals surface area contributed by atoms with Gasteiger partial charge in [0.1, 0.15) is 10.7 Å². The number of nitrogens with zero attached hydrogens (tertiary/aromatic N) is 2. The van der Waals surface area contributed by atoms with Crippen molar-refractivity contribution >= 4 is 15.9 Å². The highest BCUT2D eigenvalue weighted by molar-refractivity contribution is 7.89. The van der Waals surface area contributed by atoms with E-state index in [0.29, 0.717) is 32.6 Å². The van der Waals surface area contributed by atoms with Crippen molar-refractivity contribution in [2.75, 3.05) is 26.2 Å². The fourth-order valence-electron chi connectivity index (χ4n) is 3.43. The monoisotopic (exact) mass is 326 g/mol. The van der Waals surface area contributed by atoms with Crippen LogP contribution in [0.25, 0.3) is 0 Å². The Labute approximate surface area is 129 Å². The van der Waals surface area contributed by atoms with E-state index in [-0.39, 0.29) is 16.2 Å². The van der Waals surface area contributed by atoms with E-state index in [4.69, 9.17) is 0 Å². The van der Waals surface area contributed by atoms with Gasteiger partial charge in [0.15, 0.2) is 0 Å². The van der Waals surface area contributed by atoms with Crippen LogP contribution >= 0.6 is 0 Å². The van der Waals surface area contributed by atoms with Gasteiger partial charge in [-0.25, -0.2) is 12.8 Å². The van der Waals surface area contributed by atoms with E-state index in [1.54, 1.807) is 4.90 Å². The van der Waals surface area contributed by atoms with Crippen LogP contribution in [0.4, 0.5) is 4.39 Å². The minimum absolute atomic E-state index is 0.0206. The molecule has 2 heterocycles.